The van der Waals surface area contributed by atoms with E-state index < -0.39 is 0 Å². The molecule has 1 aliphatic heterocycles. The van der Waals surface area contributed by atoms with Gasteiger partial charge < -0.3 is 9.47 Å². The molecule has 5 nitrogen and oxygen atoms in total. The van der Waals surface area contributed by atoms with Crippen LogP contribution in [0.5, 0.6) is 0 Å². The van der Waals surface area contributed by atoms with E-state index in [1.807, 2.05) is 4.57 Å². The zero-order valence-corrected chi connectivity index (χ0v) is 8.59. The van der Waals surface area contributed by atoms with Crippen LogP contribution in [0.15, 0.2) is 12.5 Å². The van der Waals surface area contributed by atoms with Gasteiger partial charge in [0, 0.05) is 20.0 Å². The molecule has 1 amide bonds. The largest absolute Gasteiger partial charge is 0.344 e. The fourth-order valence-electron chi connectivity index (χ4n) is 1.93. The molecule has 1 unspecified atom stereocenters. The quantitative estimate of drug-likeness (QED) is 0.663. The average Bonchev–Trinajstić information content (AvgIpc) is 2.70. The molecule has 1 aliphatic rings. The molecule has 1 atom stereocenters. The van der Waals surface area contributed by atoms with Gasteiger partial charge in [-0.05, 0) is 6.42 Å². The monoisotopic (exact) mass is 207 g/mol. The zero-order chi connectivity index (χ0) is 10.8. The van der Waals surface area contributed by atoms with Crippen molar-refractivity contribution in [3.05, 3.63) is 18.2 Å². The normalized spacial score (nSPS) is 21.8. The minimum atomic E-state index is 0.166. The summed E-state index contributed by atoms with van der Waals surface area (Å²) in [6.07, 6.45) is 5.31. The SMILES string of the molecule is CN1CC(n2cncc2C=O)CCC1=O. The van der Waals surface area contributed by atoms with Gasteiger partial charge in [0.25, 0.3) is 0 Å². The number of piperidine rings is 1. The second-order valence-corrected chi connectivity index (χ2v) is 3.81. The fourth-order valence-corrected chi connectivity index (χ4v) is 1.93. The number of aldehydes is 1. The summed E-state index contributed by atoms with van der Waals surface area (Å²) in [6, 6.07) is 0.176. The number of amides is 1. The molecule has 0 radical (unpaired) electrons. The van der Waals surface area contributed by atoms with Crippen LogP contribution in [0.2, 0.25) is 0 Å². The van der Waals surface area contributed by atoms with Gasteiger partial charge in [-0.25, -0.2) is 4.98 Å². The molecular weight excluding hydrogens is 194 g/mol. The summed E-state index contributed by atoms with van der Waals surface area (Å²) in [7, 11) is 1.78. The molecule has 15 heavy (non-hydrogen) atoms. The Balaban J connectivity index is 2.18. The molecule has 80 valence electrons. The number of rotatable bonds is 2. The van der Waals surface area contributed by atoms with Gasteiger partial charge >= 0.3 is 0 Å². The van der Waals surface area contributed by atoms with E-state index in [2.05, 4.69) is 4.98 Å². The Morgan fingerprint density at radius 1 is 1.60 bits per heavy atom. The standard InChI is InChI=1S/C10H13N3O2/c1-12-5-8(2-3-10(12)15)13-7-11-4-9(13)6-14/h4,6-8H,2-3,5H2,1H3. The lowest BCUT2D eigenvalue weighted by molar-refractivity contribution is -0.132. The maximum atomic E-state index is 11.3. The molecule has 1 fully saturated rings. The highest BCUT2D eigenvalue weighted by atomic mass is 16.2. The molecule has 0 aromatic carbocycles. The molecule has 2 heterocycles. The third-order valence-electron chi connectivity index (χ3n) is 2.81. The van der Waals surface area contributed by atoms with Crippen molar-refractivity contribution in [1.29, 1.82) is 0 Å². The van der Waals surface area contributed by atoms with Gasteiger partial charge in [0.1, 0.15) is 5.69 Å². The van der Waals surface area contributed by atoms with Crippen molar-refractivity contribution in [2.24, 2.45) is 0 Å². The fraction of sp³-hybridized carbons (Fsp3) is 0.500. The maximum absolute atomic E-state index is 11.3. The highest BCUT2D eigenvalue weighted by Crippen LogP contribution is 2.22. The van der Waals surface area contributed by atoms with Gasteiger partial charge in [-0.3, -0.25) is 9.59 Å². The van der Waals surface area contributed by atoms with Crippen molar-refractivity contribution < 1.29 is 9.59 Å². The maximum Gasteiger partial charge on any atom is 0.222 e. The summed E-state index contributed by atoms with van der Waals surface area (Å²) >= 11 is 0. The lowest BCUT2D eigenvalue weighted by Gasteiger charge is -2.30. The van der Waals surface area contributed by atoms with Gasteiger partial charge in [-0.2, -0.15) is 0 Å². The number of likely N-dealkylation sites (N-methyl/N-ethyl adjacent to an activating group) is 1. The molecule has 0 aliphatic carbocycles. The van der Waals surface area contributed by atoms with Gasteiger partial charge in [0.2, 0.25) is 5.91 Å². The summed E-state index contributed by atoms with van der Waals surface area (Å²) in [5.74, 6) is 0.166. The van der Waals surface area contributed by atoms with Crippen LogP contribution in [0.25, 0.3) is 0 Å². The summed E-state index contributed by atoms with van der Waals surface area (Å²) in [5.41, 5.74) is 0.572. The van der Waals surface area contributed by atoms with Crippen LogP contribution in [0.1, 0.15) is 29.4 Å². The predicted molar refractivity (Wildman–Crippen MR) is 53.5 cm³/mol. The average molecular weight is 207 g/mol. The Kier molecular flexibility index (Phi) is 2.53. The molecule has 2 rings (SSSR count). The molecule has 1 aromatic rings. The number of hydrogen-bond donors (Lipinski definition) is 0. The Bertz CT molecular complexity index is 386. The Morgan fingerprint density at radius 3 is 3.07 bits per heavy atom. The number of nitrogens with zero attached hydrogens (tertiary/aromatic N) is 3. The van der Waals surface area contributed by atoms with Crippen molar-refractivity contribution in [2.45, 2.75) is 18.9 Å². The highest BCUT2D eigenvalue weighted by Gasteiger charge is 2.24. The van der Waals surface area contributed by atoms with Crippen molar-refractivity contribution in [3.63, 3.8) is 0 Å². The second kappa shape index (κ2) is 3.84. The molecule has 1 aromatic heterocycles. The molecule has 0 saturated carbocycles. The van der Waals surface area contributed by atoms with E-state index in [4.69, 9.17) is 0 Å². The molecular formula is C10H13N3O2. The molecule has 5 heteroatoms. The van der Waals surface area contributed by atoms with E-state index in [9.17, 15) is 9.59 Å². The van der Waals surface area contributed by atoms with Crippen molar-refractivity contribution in [1.82, 2.24) is 14.5 Å². The first-order valence-corrected chi connectivity index (χ1v) is 4.93. The van der Waals surface area contributed by atoms with Crippen molar-refractivity contribution in [2.75, 3.05) is 13.6 Å². The van der Waals surface area contributed by atoms with Crippen LogP contribution in [0.4, 0.5) is 0 Å². The van der Waals surface area contributed by atoms with E-state index in [0.717, 1.165) is 12.7 Å². The lowest BCUT2D eigenvalue weighted by atomic mass is 10.1. The molecule has 0 bridgehead atoms. The van der Waals surface area contributed by atoms with Crippen LogP contribution in [-0.4, -0.2) is 40.2 Å². The highest BCUT2D eigenvalue weighted by molar-refractivity contribution is 5.77. The Morgan fingerprint density at radius 2 is 2.40 bits per heavy atom. The van der Waals surface area contributed by atoms with E-state index >= 15 is 0 Å². The molecule has 0 N–H and O–H groups in total. The number of carbonyl (C=O) groups excluding carboxylic acids is 2. The van der Waals surface area contributed by atoms with E-state index in [0.29, 0.717) is 18.7 Å². The summed E-state index contributed by atoms with van der Waals surface area (Å²) in [5, 5.41) is 0. The smallest absolute Gasteiger partial charge is 0.222 e. The number of carbonyl (C=O) groups is 2. The first-order chi connectivity index (χ1) is 7.22. The first-order valence-electron chi connectivity index (χ1n) is 4.93. The number of likely N-dealkylation sites (tertiary alicyclic amines) is 1. The minimum absolute atomic E-state index is 0.166. The lowest BCUT2D eigenvalue weighted by Crippen LogP contribution is -2.38. The van der Waals surface area contributed by atoms with Crippen LogP contribution in [0, 0.1) is 0 Å². The van der Waals surface area contributed by atoms with Gasteiger partial charge in [0.05, 0.1) is 18.6 Å². The van der Waals surface area contributed by atoms with Crippen molar-refractivity contribution in [3.8, 4) is 0 Å². The predicted octanol–water partition coefficient (Wildman–Crippen LogP) is 0.489. The summed E-state index contributed by atoms with van der Waals surface area (Å²) in [4.78, 5) is 27.7. The van der Waals surface area contributed by atoms with Gasteiger partial charge in [0.15, 0.2) is 6.29 Å². The van der Waals surface area contributed by atoms with Gasteiger partial charge in [-0.1, -0.05) is 0 Å². The van der Waals surface area contributed by atoms with Crippen LogP contribution < -0.4 is 0 Å². The van der Waals surface area contributed by atoms with Crippen LogP contribution in [-0.2, 0) is 4.79 Å². The van der Waals surface area contributed by atoms with Crippen LogP contribution >= 0.6 is 0 Å². The topological polar surface area (TPSA) is 55.2 Å². The van der Waals surface area contributed by atoms with E-state index in [-0.39, 0.29) is 11.9 Å². The second-order valence-electron chi connectivity index (χ2n) is 3.81. The molecule has 1 saturated heterocycles. The summed E-state index contributed by atoms with van der Waals surface area (Å²) in [6.45, 7) is 0.649. The van der Waals surface area contributed by atoms with Gasteiger partial charge in [-0.15, -0.1) is 0 Å². The van der Waals surface area contributed by atoms with Crippen LogP contribution in [0.3, 0.4) is 0 Å². The zero-order valence-electron chi connectivity index (χ0n) is 8.59. The third-order valence-corrected chi connectivity index (χ3v) is 2.81. The Hall–Kier alpha value is -1.65. The van der Waals surface area contributed by atoms with E-state index in [1.54, 1.807) is 24.5 Å². The molecule has 0 spiro atoms. The van der Waals surface area contributed by atoms with E-state index in [1.165, 1.54) is 0 Å². The third kappa shape index (κ3) is 1.77. The Labute approximate surface area is 87.7 Å². The number of hydrogen-bond acceptors (Lipinski definition) is 3. The first kappa shape index (κ1) is 9.89. The van der Waals surface area contributed by atoms with Crippen molar-refractivity contribution >= 4 is 12.2 Å². The summed E-state index contributed by atoms with van der Waals surface area (Å²) < 4.78 is 1.84. The number of imidazole rings is 1. The minimum Gasteiger partial charge on any atom is -0.344 e. The number of aromatic nitrogens is 2.